The number of benzene rings is 5. The van der Waals surface area contributed by atoms with Gasteiger partial charge >= 0.3 is 17.6 Å². The Morgan fingerprint density at radius 3 is 1.12 bits per heavy atom. The highest BCUT2D eigenvalue weighted by atomic mass is 35.5. The number of aromatic nitrogens is 3. The Labute approximate surface area is 607 Å². The molecule has 0 spiro atoms. The summed E-state index contributed by atoms with van der Waals surface area (Å²) in [6.07, 6.45) is 15.3. The average molecular weight is 1490 g/mol. The number of nitro benzene ring substituents is 2. The maximum atomic E-state index is 12.0. The van der Waals surface area contributed by atoms with Gasteiger partial charge in [0.2, 0.25) is 17.6 Å². The Hall–Kier alpha value is -10.4. The molecule has 0 saturated heterocycles. The van der Waals surface area contributed by atoms with Crippen molar-refractivity contribution in [3.63, 3.8) is 0 Å². The number of primary amides is 1. The van der Waals surface area contributed by atoms with E-state index in [0.29, 0.717) is 87.0 Å². The molecule has 5 aromatic carbocycles. The van der Waals surface area contributed by atoms with Crippen molar-refractivity contribution in [3.8, 4) is 69.7 Å². The number of alkyl halides is 2. The zero-order valence-electron chi connectivity index (χ0n) is 54.8. The fourth-order valence-electron chi connectivity index (χ4n) is 7.23. The molecule has 3 amide bonds. The fraction of sp³-hybridized carbons (Fsp3) is 0.203. The molecule has 0 aliphatic rings. The number of non-ortho nitro benzene ring substituents is 2. The van der Waals surface area contributed by atoms with Crippen molar-refractivity contribution in [2.24, 2.45) is 11.5 Å². The van der Waals surface area contributed by atoms with Crippen LogP contribution in [0.3, 0.4) is 0 Å². The van der Waals surface area contributed by atoms with Crippen molar-refractivity contribution in [1.29, 1.82) is 5.26 Å². The summed E-state index contributed by atoms with van der Waals surface area (Å²) in [6.45, 7) is 14.4. The molecule has 0 saturated carbocycles. The predicted octanol–water partition coefficient (Wildman–Crippen LogP) is 18.6. The first-order valence-corrected chi connectivity index (χ1v) is 32.2. The zero-order valence-corrected chi connectivity index (χ0v) is 59.3. The number of amides is 3. The molecule has 3 aromatic heterocycles. The van der Waals surface area contributed by atoms with Crippen LogP contribution in [0.2, 0.25) is 15.1 Å². The number of nitrogens with zero attached hydrogens (tertiary/aromatic N) is 6. The molecular formula is C69H70Cl6N10O15. The lowest BCUT2D eigenvalue weighted by Crippen LogP contribution is -2.35. The van der Waals surface area contributed by atoms with Crippen molar-refractivity contribution >= 4 is 117 Å². The van der Waals surface area contributed by atoms with Crippen LogP contribution in [0, 0.1) is 31.6 Å². The third kappa shape index (κ3) is 34.2. The summed E-state index contributed by atoms with van der Waals surface area (Å²) in [6, 6.07) is 37.4. The average Bonchev–Trinajstić information content (AvgIpc) is 0.875. The molecule has 100 heavy (non-hydrogen) atoms. The fourth-order valence-corrected chi connectivity index (χ4v) is 7.95. The Balaban J connectivity index is 0.000000351. The lowest BCUT2D eigenvalue weighted by Gasteiger charge is -2.10. The first-order valence-electron chi connectivity index (χ1n) is 29.6. The number of hydrogen-bond acceptors (Lipinski definition) is 20. The minimum atomic E-state index is -0.978. The molecule has 0 aliphatic heterocycles. The molecule has 25 nitrogen and oxygen atoms in total. The van der Waals surface area contributed by atoms with Crippen LogP contribution >= 0.6 is 69.6 Å². The number of halogens is 6. The normalized spacial score (nSPS) is 11.1. The molecule has 8 rings (SSSR count). The number of pyridine rings is 3. The van der Waals surface area contributed by atoms with Gasteiger partial charge in [-0.1, -0.05) is 71.3 Å². The molecule has 3 heterocycles. The van der Waals surface area contributed by atoms with Crippen molar-refractivity contribution in [3.05, 3.63) is 228 Å². The van der Waals surface area contributed by atoms with Gasteiger partial charge in [-0.25, -0.2) is 29.3 Å². The summed E-state index contributed by atoms with van der Waals surface area (Å²) in [5.74, 6) is 5.21. The second kappa shape index (κ2) is 46.7. The summed E-state index contributed by atoms with van der Waals surface area (Å²) in [5, 5.41) is 34.9. The molecule has 0 unspecified atom stereocenters. The number of carbonyl (C=O) groups excluding carboxylic acids is 3. The molecule has 0 bridgehead atoms. The molecule has 528 valence electrons. The second-order valence-corrected chi connectivity index (χ2v) is 21.7. The van der Waals surface area contributed by atoms with Crippen molar-refractivity contribution in [2.75, 3.05) is 25.2 Å². The highest BCUT2D eigenvalue weighted by Gasteiger charge is 2.13. The predicted molar refractivity (Wildman–Crippen MR) is 388 cm³/mol. The lowest BCUT2D eigenvalue weighted by molar-refractivity contribution is -0.385. The topological polar surface area (TPSA) is 350 Å². The van der Waals surface area contributed by atoms with Crippen LogP contribution in [0.4, 0.5) is 25.8 Å². The number of nitrogens with one attached hydrogen (secondary N) is 2. The number of carbonyl (C=O) groups is 3. The van der Waals surface area contributed by atoms with E-state index in [9.17, 15) is 34.6 Å². The Kier molecular flexibility index (Phi) is 39.2. The van der Waals surface area contributed by atoms with E-state index in [-0.39, 0.29) is 46.3 Å². The third-order valence-electron chi connectivity index (χ3n) is 11.5. The molecule has 3 atom stereocenters. The number of nitrogens with two attached hydrogens (primary N) is 2. The van der Waals surface area contributed by atoms with E-state index in [4.69, 9.17) is 119 Å². The number of nitro groups is 2. The maximum Gasteiger partial charge on any atom is 0.413 e. The summed E-state index contributed by atoms with van der Waals surface area (Å²) in [7, 11) is 0. The van der Waals surface area contributed by atoms with Crippen molar-refractivity contribution in [2.45, 2.75) is 66.6 Å². The molecule has 8 aromatic rings. The second-order valence-electron chi connectivity index (χ2n) is 19.4. The van der Waals surface area contributed by atoms with Crippen LogP contribution in [-0.4, -0.2) is 85.6 Å². The highest BCUT2D eigenvalue weighted by molar-refractivity contribution is 6.61. The smallest absolute Gasteiger partial charge is 0.413 e. The van der Waals surface area contributed by atoms with E-state index in [1.165, 1.54) is 55.5 Å². The van der Waals surface area contributed by atoms with Gasteiger partial charge in [-0.05, 0) is 137 Å². The van der Waals surface area contributed by atoms with Gasteiger partial charge in [-0.2, -0.15) is 5.26 Å². The Morgan fingerprint density at radius 1 is 0.540 bits per heavy atom. The maximum absolute atomic E-state index is 12.0. The van der Waals surface area contributed by atoms with Crippen LogP contribution in [-0.2, 0) is 0 Å². The van der Waals surface area contributed by atoms with E-state index < -0.39 is 27.4 Å². The quantitative estimate of drug-likeness (QED) is 0.0189. The largest absolute Gasteiger partial charge is 0.494 e. The third-order valence-corrected chi connectivity index (χ3v) is 12.5. The molecule has 0 aliphatic carbocycles. The van der Waals surface area contributed by atoms with Crippen LogP contribution in [0.25, 0.3) is 18.2 Å². The van der Waals surface area contributed by atoms with Gasteiger partial charge in [0.05, 0.1) is 56.1 Å². The van der Waals surface area contributed by atoms with Gasteiger partial charge in [-0.3, -0.25) is 20.2 Å². The number of rotatable bonds is 24. The highest BCUT2D eigenvalue weighted by Crippen LogP contribution is 2.35. The Bertz CT molecular complexity index is 3990. The number of urea groups is 1. The van der Waals surface area contributed by atoms with Crippen LogP contribution < -0.4 is 60.0 Å². The first kappa shape index (κ1) is 83.8. The summed E-state index contributed by atoms with van der Waals surface area (Å²) in [5.41, 5.74) is 12.2. The van der Waals surface area contributed by atoms with Gasteiger partial charge in [-0.15, -0.1) is 23.2 Å². The minimum Gasteiger partial charge on any atom is -0.494 e. The lowest BCUT2D eigenvalue weighted by atomic mass is 10.2. The number of hydrogen-bond donors (Lipinski definition) is 4. The van der Waals surface area contributed by atoms with E-state index in [2.05, 4.69) is 30.3 Å². The van der Waals surface area contributed by atoms with E-state index >= 15 is 0 Å². The molecular weight excluding hydrogens is 1420 g/mol. The van der Waals surface area contributed by atoms with Crippen LogP contribution in [0.1, 0.15) is 65.2 Å². The first-order chi connectivity index (χ1) is 47.8. The molecule has 0 radical (unpaired) electrons. The zero-order chi connectivity index (χ0) is 73.9. The van der Waals surface area contributed by atoms with Crippen molar-refractivity contribution < 1.29 is 62.1 Å². The minimum absolute atomic E-state index is 0.0126. The Morgan fingerprint density at radius 2 is 0.850 bits per heavy atom. The van der Waals surface area contributed by atoms with Gasteiger partial charge in [0.15, 0.2) is 0 Å². The van der Waals surface area contributed by atoms with Gasteiger partial charge in [0.1, 0.15) is 46.0 Å². The molecule has 0 fully saturated rings. The SMILES string of the molecule is CC#N.CCOc1ccc(Oc2ccc(/C=C/[C@H](C)N)cn2)c(Cl)c1.CCOc1ccc(Oc2ccc(/C=C/[C@H](C)NC(=O)Oc3ccc([N+](=O)[O-])cc3)cn2)c(Cl)c1.CCOc1ccc(Oc2ccc(/C=C/[C@H](C)NC(N)=O)cn2)c(Cl)c1.ClCCl.O=C(Cl)Oc1ccc([N+](=O)[O-])cc1. The summed E-state index contributed by atoms with van der Waals surface area (Å²) in [4.78, 5) is 65.6. The van der Waals surface area contributed by atoms with Crippen LogP contribution in [0.15, 0.2) is 176 Å². The van der Waals surface area contributed by atoms with E-state index in [1.807, 2.05) is 83.2 Å². The standard InChI is InChI=1S/C24H22ClN3O6.C18H20ClN3O3.C17H19ClN2O2.C7H4ClNO4.C2H3N.CH2Cl2/c1-3-32-20-11-12-22(21(25)14-20)34-23-13-6-17(15-26-23)5-4-16(2)27-24(29)33-19-9-7-18(8-10-19)28(30)31;1-3-24-14-7-8-16(15(19)10-14)25-17-9-6-13(11-21-17)5-4-12(2)22-18(20)23;1-3-21-14-7-8-16(15(18)10-14)22-17-9-6-13(11-20-17)5-4-12(2)19;8-7(10)13-6-3-1-5(2-4-6)9(11)12;1-2-3;2-1-3/h4-16H,3H2,1-2H3,(H,27,29);4-12H,3H2,1-2H3,(H3,20,22,23);4-12H,3,19H2,1-2H3;1-4H;1H3;1H2/b3*5-4+;;;/t16-;2*12-;;;/m000.../s1. The summed E-state index contributed by atoms with van der Waals surface area (Å²) < 4.78 is 42.8. The van der Waals surface area contributed by atoms with Gasteiger partial charge in [0, 0.05) is 116 Å². The van der Waals surface area contributed by atoms with Gasteiger partial charge in [0.25, 0.3) is 11.4 Å². The van der Waals surface area contributed by atoms with E-state index in [0.717, 1.165) is 16.7 Å². The van der Waals surface area contributed by atoms with Crippen molar-refractivity contribution in [1.82, 2.24) is 25.6 Å². The number of ether oxygens (including phenoxy) is 8. The molecule has 31 heteroatoms. The number of nitriles is 1. The van der Waals surface area contributed by atoms with Crippen LogP contribution in [0.5, 0.6) is 63.6 Å². The van der Waals surface area contributed by atoms with Gasteiger partial charge < -0.3 is 60.0 Å². The van der Waals surface area contributed by atoms with E-state index in [1.54, 1.807) is 110 Å². The molecule has 6 N–H and O–H groups in total. The summed E-state index contributed by atoms with van der Waals surface area (Å²) >= 11 is 33.0. The monoisotopic (exact) mass is 1490 g/mol.